The first-order chi connectivity index (χ1) is 8.74. The zero-order valence-corrected chi connectivity index (χ0v) is 11.0. The summed E-state index contributed by atoms with van der Waals surface area (Å²) in [7, 11) is 0. The van der Waals surface area contributed by atoms with Gasteiger partial charge in [-0.05, 0) is 24.1 Å². The molecule has 0 saturated heterocycles. The summed E-state index contributed by atoms with van der Waals surface area (Å²) in [5.74, 6) is 0. The molecule has 2 aromatic rings. The fraction of sp³-hybridized carbons (Fsp3) is 0.429. The molecular weight excluding hydrogens is 224 g/mol. The fourth-order valence-corrected chi connectivity index (χ4v) is 1.74. The van der Waals surface area contributed by atoms with Crippen LogP contribution in [0, 0.1) is 0 Å². The van der Waals surface area contributed by atoms with E-state index in [4.69, 9.17) is 0 Å². The first-order valence-corrected chi connectivity index (χ1v) is 6.37. The largest absolute Gasteiger partial charge is 0.337 e. The van der Waals surface area contributed by atoms with E-state index in [-0.39, 0.29) is 0 Å². The molecule has 2 heterocycles. The van der Waals surface area contributed by atoms with E-state index >= 15 is 0 Å². The smallest absolute Gasteiger partial charge is 0.0950 e. The van der Waals surface area contributed by atoms with Gasteiger partial charge >= 0.3 is 0 Å². The van der Waals surface area contributed by atoms with Gasteiger partial charge in [0.15, 0.2) is 0 Å². The maximum atomic E-state index is 4.39. The van der Waals surface area contributed by atoms with Crippen molar-refractivity contribution in [1.82, 2.24) is 19.9 Å². The van der Waals surface area contributed by atoms with Crippen LogP contribution in [0.1, 0.15) is 25.1 Å². The van der Waals surface area contributed by atoms with Crippen molar-refractivity contribution in [3.63, 3.8) is 0 Å². The molecule has 18 heavy (non-hydrogen) atoms. The third kappa shape index (κ3) is 3.96. The molecule has 0 saturated carbocycles. The number of aryl methyl sites for hydroxylation is 2. The lowest BCUT2D eigenvalue weighted by Crippen LogP contribution is -2.21. The lowest BCUT2D eigenvalue weighted by atomic mass is 10.2. The van der Waals surface area contributed by atoms with E-state index in [1.54, 1.807) is 0 Å². The summed E-state index contributed by atoms with van der Waals surface area (Å²) in [6, 6.07) is 4.60. The zero-order chi connectivity index (χ0) is 12.8. The summed E-state index contributed by atoms with van der Waals surface area (Å²) in [4.78, 5) is 8.41. The molecule has 0 amide bonds. The first-order valence-electron chi connectivity index (χ1n) is 6.37. The number of nitrogens with one attached hydrogen (secondary N) is 1. The highest BCUT2D eigenvalue weighted by Crippen LogP contribution is 2.02. The molecule has 0 aliphatic rings. The Morgan fingerprint density at radius 2 is 2.06 bits per heavy atom. The van der Waals surface area contributed by atoms with Crippen LogP contribution in [-0.4, -0.2) is 20.6 Å². The second-order valence-electron chi connectivity index (χ2n) is 4.74. The minimum atomic E-state index is 0.493. The van der Waals surface area contributed by atoms with Gasteiger partial charge < -0.3 is 9.88 Å². The summed E-state index contributed by atoms with van der Waals surface area (Å²) in [6.45, 7) is 6.07. The van der Waals surface area contributed by atoms with Crippen molar-refractivity contribution in [3.8, 4) is 0 Å². The SMILES string of the molecule is CC(C)NCc1cn(CCc2ccncc2)cn1. The summed E-state index contributed by atoms with van der Waals surface area (Å²) in [5.41, 5.74) is 2.40. The molecule has 1 N–H and O–H groups in total. The number of nitrogens with zero attached hydrogens (tertiary/aromatic N) is 3. The van der Waals surface area contributed by atoms with Crippen molar-refractivity contribution >= 4 is 0 Å². The van der Waals surface area contributed by atoms with Crippen molar-refractivity contribution < 1.29 is 0 Å². The Hall–Kier alpha value is -1.68. The molecule has 0 aliphatic carbocycles. The molecule has 4 nitrogen and oxygen atoms in total. The lowest BCUT2D eigenvalue weighted by molar-refractivity contribution is 0.582. The van der Waals surface area contributed by atoms with E-state index in [1.807, 2.05) is 18.7 Å². The minimum absolute atomic E-state index is 0.493. The average molecular weight is 244 g/mol. The van der Waals surface area contributed by atoms with Gasteiger partial charge in [0.2, 0.25) is 0 Å². The highest BCUT2D eigenvalue weighted by atomic mass is 15.0. The van der Waals surface area contributed by atoms with Crippen LogP contribution in [-0.2, 0) is 19.5 Å². The Labute approximate surface area is 108 Å². The summed E-state index contributed by atoms with van der Waals surface area (Å²) >= 11 is 0. The van der Waals surface area contributed by atoms with Gasteiger partial charge in [0.25, 0.3) is 0 Å². The molecular formula is C14H20N4. The molecule has 2 rings (SSSR count). The maximum absolute atomic E-state index is 4.39. The van der Waals surface area contributed by atoms with Crippen LogP contribution < -0.4 is 5.32 Å². The maximum Gasteiger partial charge on any atom is 0.0950 e. The van der Waals surface area contributed by atoms with Crippen LogP contribution >= 0.6 is 0 Å². The van der Waals surface area contributed by atoms with Crippen LogP contribution in [0.2, 0.25) is 0 Å². The van der Waals surface area contributed by atoms with Crippen molar-refractivity contribution in [1.29, 1.82) is 0 Å². The fourth-order valence-electron chi connectivity index (χ4n) is 1.74. The quantitative estimate of drug-likeness (QED) is 0.845. The van der Waals surface area contributed by atoms with Crippen molar-refractivity contribution in [3.05, 3.63) is 48.3 Å². The highest BCUT2D eigenvalue weighted by molar-refractivity contribution is 5.09. The predicted molar refractivity (Wildman–Crippen MR) is 72.1 cm³/mol. The third-order valence-corrected chi connectivity index (χ3v) is 2.79. The van der Waals surface area contributed by atoms with Gasteiger partial charge in [-0.15, -0.1) is 0 Å². The Balaban J connectivity index is 1.83. The number of imidazole rings is 1. The second kappa shape index (κ2) is 6.31. The zero-order valence-electron chi connectivity index (χ0n) is 11.0. The Kier molecular flexibility index (Phi) is 4.47. The minimum Gasteiger partial charge on any atom is -0.337 e. The van der Waals surface area contributed by atoms with Crippen LogP contribution in [0.5, 0.6) is 0 Å². The van der Waals surface area contributed by atoms with Gasteiger partial charge in [-0.3, -0.25) is 4.98 Å². The van der Waals surface area contributed by atoms with Crippen LogP contribution in [0.25, 0.3) is 0 Å². The average Bonchev–Trinajstić information content (AvgIpc) is 2.83. The number of hydrogen-bond acceptors (Lipinski definition) is 3. The standard InChI is InChI=1S/C14H20N4/c1-12(2)16-9-14-10-18(11-17-14)8-5-13-3-6-15-7-4-13/h3-4,6-7,10-12,16H,5,8-9H2,1-2H3. The van der Waals surface area contributed by atoms with Gasteiger partial charge in [0.1, 0.15) is 0 Å². The Bertz CT molecular complexity index is 462. The molecule has 0 fully saturated rings. The first kappa shape index (κ1) is 12.8. The van der Waals surface area contributed by atoms with Gasteiger partial charge in [0, 0.05) is 37.7 Å². The normalized spacial score (nSPS) is 11.1. The lowest BCUT2D eigenvalue weighted by Gasteiger charge is -2.05. The molecule has 96 valence electrons. The molecule has 0 spiro atoms. The summed E-state index contributed by atoms with van der Waals surface area (Å²) < 4.78 is 2.14. The second-order valence-corrected chi connectivity index (χ2v) is 4.74. The van der Waals surface area contributed by atoms with E-state index in [9.17, 15) is 0 Å². The summed E-state index contributed by atoms with van der Waals surface area (Å²) in [5, 5.41) is 3.36. The van der Waals surface area contributed by atoms with E-state index in [0.717, 1.165) is 25.2 Å². The predicted octanol–water partition coefficient (Wildman–Crippen LogP) is 2.02. The van der Waals surface area contributed by atoms with Crippen LogP contribution in [0.3, 0.4) is 0 Å². The highest BCUT2D eigenvalue weighted by Gasteiger charge is 2.00. The van der Waals surface area contributed by atoms with Crippen molar-refractivity contribution in [2.45, 2.75) is 39.4 Å². The van der Waals surface area contributed by atoms with Crippen molar-refractivity contribution in [2.75, 3.05) is 0 Å². The third-order valence-electron chi connectivity index (χ3n) is 2.79. The van der Waals surface area contributed by atoms with E-state index < -0.39 is 0 Å². The molecule has 0 aliphatic heterocycles. The number of rotatable bonds is 6. The van der Waals surface area contributed by atoms with E-state index in [2.05, 4.69) is 52.0 Å². The topological polar surface area (TPSA) is 42.7 Å². The number of hydrogen-bond donors (Lipinski definition) is 1. The molecule has 0 aromatic carbocycles. The molecule has 0 radical (unpaired) electrons. The molecule has 0 atom stereocenters. The van der Waals surface area contributed by atoms with Crippen LogP contribution in [0.15, 0.2) is 37.1 Å². The van der Waals surface area contributed by atoms with Crippen molar-refractivity contribution in [2.24, 2.45) is 0 Å². The van der Waals surface area contributed by atoms with Gasteiger partial charge in [-0.1, -0.05) is 13.8 Å². The van der Waals surface area contributed by atoms with Crippen LogP contribution in [0.4, 0.5) is 0 Å². The Morgan fingerprint density at radius 3 is 2.78 bits per heavy atom. The van der Waals surface area contributed by atoms with Gasteiger partial charge in [-0.25, -0.2) is 4.98 Å². The molecule has 4 heteroatoms. The molecule has 2 aromatic heterocycles. The van der Waals surface area contributed by atoms with E-state index in [1.165, 1.54) is 5.56 Å². The summed E-state index contributed by atoms with van der Waals surface area (Å²) in [6.07, 6.45) is 8.69. The number of aromatic nitrogens is 3. The number of pyridine rings is 1. The van der Waals surface area contributed by atoms with E-state index in [0.29, 0.717) is 6.04 Å². The molecule has 0 bridgehead atoms. The van der Waals surface area contributed by atoms with Gasteiger partial charge in [-0.2, -0.15) is 0 Å². The monoisotopic (exact) mass is 244 g/mol. The molecule has 0 unspecified atom stereocenters. The Morgan fingerprint density at radius 1 is 1.28 bits per heavy atom. The van der Waals surface area contributed by atoms with Gasteiger partial charge in [0.05, 0.1) is 12.0 Å².